The summed E-state index contributed by atoms with van der Waals surface area (Å²) in [5.74, 6) is -2.68. The molecule has 3 aromatic rings. The zero-order valence-corrected chi connectivity index (χ0v) is 21.7. The molecule has 1 aliphatic rings. The van der Waals surface area contributed by atoms with E-state index in [0.29, 0.717) is 22.4 Å². The van der Waals surface area contributed by atoms with Gasteiger partial charge in [-0.05, 0) is 59.7 Å². The minimum Gasteiger partial charge on any atom is -0.507 e. The fourth-order valence-electron chi connectivity index (χ4n) is 4.66. The van der Waals surface area contributed by atoms with Gasteiger partial charge < -0.3 is 10.2 Å². The van der Waals surface area contributed by atoms with E-state index < -0.39 is 23.7 Å². The summed E-state index contributed by atoms with van der Waals surface area (Å²) < 4.78 is 0. The van der Waals surface area contributed by atoms with Gasteiger partial charge in [0.05, 0.1) is 18.0 Å². The molecule has 3 aromatic carbocycles. The highest BCUT2D eigenvalue weighted by Gasteiger charge is 2.47. The summed E-state index contributed by atoms with van der Waals surface area (Å²) in [5.41, 5.74) is 4.96. The summed E-state index contributed by atoms with van der Waals surface area (Å²) in [7, 11) is 0. The molecule has 0 saturated carbocycles. The van der Waals surface area contributed by atoms with Gasteiger partial charge in [-0.1, -0.05) is 74.9 Å². The van der Waals surface area contributed by atoms with Gasteiger partial charge in [-0.2, -0.15) is 0 Å². The minimum atomic E-state index is -0.958. The molecular formula is C31H31NO5. The molecule has 6 heteroatoms. The number of ketones is 1. The molecule has 1 heterocycles. The Balaban J connectivity index is 1.91. The van der Waals surface area contributed by atoms with Crippen LogP contribution in [0.5, 0.6) is 0 Å². The van der Waals surface area contributed by atoms with Gasteiger partial charge in [0, 0.05) is 11.3 Å². The van der Waals surface area contributed by atoms with E-state index in [1.807, 2.05) is 50.2 Å². The van der Waals surface area contributed by atoms with Crippen molar-refractivity contribution in [2.24, 2.45) is 0 Å². The number of Topliss-reactive ketones (excluding diaryl/α,β-unsaturated/α-hetero) is 1. The van der Waals surface area contributed by atoms with Gasteiger partial charge in [-0.25, -0.2) is 0 Å². The van der Waals surface area contributed by atoms with Crippen LogP contribution >= 0.6 is 0 Å². The second-order valence-electron chi connectivity index (χ2n) is 10.6. The van der Waals surface area contributed by atoms with Crippen LogP contribution in [0.25, 0.3) is 5.76 Å². The first-order valence-electron chi connectivity index (χ1n) is 12.2. The van der Waals surface area contributed by atoms with Crippen molar-refractivity contribution >= 4 is 29.1 Å². The van der Waals surface area contributed by atoms with Crippen LogP contribution < -0.4 is 4.90 Å². The third-order valence-corrected chi connectivity index (χ3v) is 6.75. The lowest BCUT2D eigenvalue weighted by atomic mass is 9.85. The number of carboxylic acid groups (broad SMARTS) is 1. The predicted molar refractivity (Wildman–Crippen MR) is 144 cm³/mol. The van der Waals surface area contributed by atoms with Gasteiger partial charge in [-0.15, -0.1) is 0 Å². The number of hydrogen-bond donors (Lipinski definition) is 2. The number of hydrogen-bond acceptors (Lipinski definition) is 4. The number of carbonyl (C=O) groups excluding carboxylic acids is 2. The first-order valence-corrected chi connectivity index (χ1v) is 12.2. The molecule has 0 spiro atoms. The Bertz CT molecular complexity index is 1410. The van der Waals surface area contributed by atoms with Crippen molar-refractivity contribution in [2.45, 2.75) is 52.5 Å². The van der Waals surface area contributed by atoms with E-state index in [1.165, 1.54) is 4.90 Å². The number of amides is 1. The van der Waals surface area contributed by atoms with Crippen LogP contribution in [0, 0.1) is 13.8 Å². The normalized spacial score (nSPS) is 17.3. The quantitative estimate of drug-likeness (QED) is 0.262. The van der Waals surface area contributed by atoms with Crippen LogP contribution in [-0.2, 0) is 26.2 Å². The molecule has 190 valence electrons. The van der Waals surface area contributed by atoms with E-state index in [2.05, 4.69) is 20.8 Å². The summed E-state index contributed by atoms with van der Waals surface area (Å²) in [6.07, 6.45) is -0.149. The number of nitrogens with zero attached hydrogens (tertiary/aromatic N) is 1. The molecule has 2 N–H and O–H groups in total. The second-order valence-corrected chi connectivity index (χ2v) is 10.6. The number of rotatable bonds is 5. The van der Waals surface area contributed by atoms with Gasteiger partial charge >= 0.3 is 5.97 Å². The average molecular weight is 498 g/mol. The van der Waals surface area contributed by atoms with Gasteiger partial charge in [-0.3, -0.25) is 19.3 Å². The summed E-state index contributed by atoms with van der Waals surface area (Å²) in [6, 6.07) is 19.0. The lowest BCUT2D eigenvalue weighted by molar-refractivity contribution is -0.136. The zero-order chi connectivity index (χ0) is 27.1. The molecule has 0 aliphatic carbocycles. The van der Waals surface area contributed by atoms with Gasteiger partial charge in [0.25, 0.3) is 11.7 Å². The van der Waals surface area contributed by atoms with Crippen LogP contribution in [0.3, 0.4) is 0 Å². The Hall–Kier alpha value is -4.19. The monoisotopic (exact) mass is 497 g/mol. The molecule has 1 fully saturated rings. The third kappa shape index (κ3) is 5.05. The number of carboxylic acids is 1. The Morgan fingerprint density at radius 2 is 1.51 bits per heavy atom. The second kappa shape index (κ2) is 9.69. The Labute approximate surface area is 216 Å². The van der Waals surface area contributed by atoms with E-state index in [9.17, 15) is 19.5 Å². The maximum atomic E-state index is 13.4. The highest BCUT2D eigenvalue weighted by molar-refractivity contribution is 6.51. The fraction of sp³-hybridized carbons (Fsp3) is 0.258. The Kier molecular flexibility index (Phi) is 6.78. The summed E-state index contributed by atoms with van der Waals surface area (Å²) >= 11 is 0. The van der Waals surface area contributed by atoms with Crippen LogP contribution in [0.4, 0.5) is 5.69 Å². The maximum absolute atomic E-state index is 13.4. The molecule has 1 saturated heterocycles. The molecule has 0 radical (unpaired) electrons. The summed E-state index contributed by atoms with van der Waals surface area (Å²) in [5, 5.41) is 20.5. The summed E-state index contributed by atoms with van der Waals surface area (Å²) in [6.45, 7) is 10.1. The molecular weight excluding hydrogens is 466 g/mol. The molecule has 1 atom stereocenters. The van der Waals surface area contributed by atoms with E-state index in [1.54, 1.807) is 30.3 Å². The SMILES string of the molecule is Cc1ccc(C)c(/C(O)=C2\C(=O)C(=O)N(c3ccc(CC(=O)O)cc3)C2c2ccc(C(C)(C)C)cc2)c1. The number of anilines is 1. The van der Waals surface area contributed by atoms with Crippen molar-refractivity contribution in [2.75, 3.05) is 4.90 Å². The first kappa shape index (κ1) is 25.9. The molecule has 1 unspecified atom stereocenters. The predicted octanol–water partition coefficient (Wildman–Crippen LogP) is 5.85. The average Bonchev–Trinajstić information content (AvgIpc) is 3.10. The summed E-state index contributed by atoms with van der Waals surface area (Å²) in [4.78, 5) is 39.3. The number of aliphatic carboxylic acids is 1. The number of aliphatic hydroxyl groups is 1. The molecule has 6 nitrogen and oxygen atoms in total. The zero-order valence-electron chi connectivity index (χ0n) is 21.7. The van der Waals surface area contributed by atoms with Crippen molar-refractivity contribution < 1.29 is 24.6 Å². The Morgan fingerprint density at radius 3 is 2.08 bits per heavy atom. The lowest BCUT2D eigenvalue weighted by Gasteiger charge is -2.27. The van der Waals surface area contributed by atoms with E-state index >= 15 is 0 Å². The fourth-order valence-corrected chi connectivity index (χ4v) is 4.66. The number of aryl methyl sites for hydroxylation is 2. The largest absolute Gasteiger partial charge is 0.507 e. The number of benzene rings is 3. The maximum Gasteiger partial charge on any atom is 0.307 e. The third-order valence-electron chi connectivity index (χ3n) is 6.75. The van der Waals surface area contributed by atoms with Crippen LogP contribution in [0.1, 0.15) is 60.2 Å². The van der Waals surface area contributed by atoms with E-state index in [0.717, 1.165) is 16.7 Å². The topological polar surface area (TPSA) is 94.9 Å². The molecule has 0 bridgehead atoms. The number of carbonyl (C=O) groups is 3. The smallest absolute Gasteiger partial charge is 0.307 e. The molecule has 0 aromatic heterocycles. The minimum absolute atomic E-state index is 0.0248. The number of aliphatic hydroxyl groups excluding tert-OH is 1. The van der Waals surface area contributed by atoms with Crippen molar-refractivity contribution in [3.05, 3.63) is 106 Å². The van der Waals surface area contributed by atoms with E-state index in [4.69, 9.17) is 5.11 Å². The van der Waals surface area contributed by atoms with Crippen molar-refractivity contribution in [3.63, 3.8) is 0 Å². The Morgan fingerprint density at radius 1 is 0.892 bits per heavy atom. The van der Waals surface area contributed by atoms with Crippen LogP contribution in [0.2, 0.25) is 0 Å². The standard InChI is InChI=1S/C31H31NO5/c1-18-6-7-19(2)24(16-18)28(35)26-27(21-10-12-22(13-11-21)31(3,4)5)32(30(37)29(26)36)23-14-8-20(9-15-23)17-25(33)34/h6-16,27,35H,17H2,1-5H3,(H,33,34)/b28-26+. The van der Waals surface area contributed by atoms with Crippen LogP contribution in [-0.4, -0.2) is 27.9 Å². The van der Waals surface area contributed by atoms with Gasteiger partial charge in [0.1, 0.15) is 5.76 Å². The molecule has 1 amide bonds. The lowest BCUT2D eigenvalue weighted by Crippen LogP contribution is -2.29. The highest BCUT2D eigenvalue weighted by atomic mass is 16.4. The van der Waals surface area contributed by atoms with Crippen molar-refractivity contribution in [1.29, 1.82) is 0 Å². The molecule has 4 rings (SSSR count). The molecule has 37 heavy (non-hydrogen) atoms. The highest BCUT2D eigenvalue weighted by Crippen LogP contribution is 2.43. The van der Waals surface area contributed by atoms with Gasteiger partial charge in [0.2, 0.25) is 0 Å². The first-order chi connectivity index (χ1) is 17.4. The van der Waals surface area contributed by atoms with Crippen LogP contribution in [0.15, 0.2) is 72.3 Å². The van der Waals surface area contributed by atoms with Gasteiger partial charge in [0.15, 0.2) is 0 Å². The van der Waals surface area contributed by atoms with Crippen molar-refractivity contribution in [3.8, 4) is 0 Å². The molecule has 1 aliphatic heterocycles. The van der Waals surface area contributed by atoms with Crippen molar-refractivity contribution in [1.82, 2.24) is 0 Å². The van der Waals surface area contributed by atoms with E-state index in [-0.39, 0.29) is 23.2 Å².